The predicted molar refractivity (Wildman–Crippen MR) is 84.3 cm³/mol. The summed E-state index contributed by atoms with van der Waals surface area (Å²) >= 11 is 1.70. The van der Waals surface area contributed by atoms with Crippen LogP contribution in [0.1, 0.15) is 30.1 Å². The summed E-state index contributed by atoms with van der Waals surface area (Å²) in [6.45, 7) is 2.46. The maximum atomic E-state index is 4.28. The fraction of sp³-hybridized carbons (Fsp3) is 0.500. The van der Waals surface area contributed by atoms with Gasteiger partial charge in [-0.3, -0.25) is 4.99 Å². The van der Waals surface area contributed by atoms with Crippen molar-refractivity contribution in [3.8, 4) is 0 Å². The van der Waals surface area contributed by atoms with Crippen LogP contribution < -0.4 is 10.6 Å². The smallest absolute Gasteiger partial charge is 0.191 e. The molecule has 1 aliphatic rings. The molecule has 3 heterocycles. The van der Waals surface area contributed by atoms with Crippen molar-refractivity contribution in [2.75, 3.05) is 7.05 Å². The maximum Gasteiger partial charge on any atom is 0.191 e. The van der Waals surface area contributed by atoms with Gasteiger partial charge < -0.3 is 15.2 Å². The van der Waals surface area contributed by atoms with Crippen LogP contribution in [0.25, 0.3) is 0 Å². The van der Waals surface area contributed by atoms with Gasteiger partial charge in [-0.15, -0.1) is 10.2 Å². The van der Waals surface area contributed by atoms with Gasteiger partial charge in [-0.1, -0.05) is 0 Å². The van der Waals surface area contributed by atoms with Gasteiger partial charge in [0.1, 0.15) is 5.82 Å². The van der Waals surface area contributed by atoms with Gasteiger partial charge in [0.25, 0.3) is 0 Å². The molecule has 0 fully saturated rings. The Morgan fingerprint density at radius 3 is 3.05 bits per heavy atom. The molecule has 0 bridgehead atoms. The summed E-state index contributed by atoms with van der Waals surface area (Å²) in [4.78, 5) is 4.24. The summed E-state index contributed by atoms with van der Waals surface area (Å²) in [6.07, 6.45) is 3.47. The van der Waals surface area contributed by atoms with Crippen LogP contribution in [0.2, 0.25) is 0 Å². The molecule has 2 aromatic heterocycles. The summed E-state index contributed by atoms with van der Waals surface area (Å²) in [6, 6.07) is 2.11. The van der Waals surface area contributed by atoms with Gasteiger partial charge in [-0.05, 0) is 35.2 Å². The zero-order chi connectivity index (χ0) is 14.5. The number of thiophene rings is 1. The molecule has 6 nitrogen and oxygen atoms in total. The third-order valence-electron chi connectivity index (χ3n) is 3.61. The van der Waals surface area contributed by atoms with Crippen molar-refractivity contribution < 1.29 is 0 Å². The zero-order valence-corrected chi connectivity index (χ0v) is 13.0. The fourth-order valence-electron chi connectivity index (χ4n) is 2.46. The average Bonchev–Trinajstić information content (AvgIpc) is 3.17. The lowest BCUT2D eigenvalue weighted by molar-refractivity contribution is 0.504. The lowest BCUT2D eigenvalue weighted by Crippen LogP contribution is -2.37. The van der Waals surface area contributed by atoms with E-state index in [1.54, 1.807) is 18.4 Å². The van der Waals surface area contributed by atoms with Crippen molar-refractivity contribution in [1.29, 1.82) is 0 Å². The third-order valence-corrected chi connectivity index (χ3v) is 4.35. The van der Waals surface area contributed by atoms with Crippen molar-refractivity contribution >= 4 is 17.3 Å². The molecule has 112 valence electrons. The van der Waals surface area contributed by atoms with Crippen LogP contribution in [0.5, 0.6) is 0 Å². The Kier molecular flexibility index (Phi) is 4.49. The maximum absolute atomic E-state index is 4.28. The Labute approximate surface area is 128 Å². The van der Waals surface area contributed by atoms with E-state index in [9.17, 15) is 0 Å². The normalized spacial score (nSPS) is 14.8. The van der Waals surface area contributed by atoms with E-state index in [0.717, 1.165) is 37.1 Å². The number of guanidine groups is 1. The molecule has 0 unspecified atom stereocenters. The standard InChI is InChI=1S/C14H20N6S/c1-15-14(16-8-11-5-7-21-10-11)17-9-13-19-18-12-4-2-3-6-20(12)13/h5,7,10H,2-4,6,8-9H2,1H3,(H2,15,16,17). The van der Waals surface area contributed by atoms with E-state index in [0.29, 0.717) is 6.54 Å². The van der Waals surface area contributed by atoms with E-state index in [-0.39, 0.29) is 0 Å². The first-order chi connectivity index (χ1) is 10.4. The number of aryl methyl sites for hydroxylation is 1. The first-order valence-electron chi connectivity index (χ1n) is 7.23. The Morgan fingerprint density at radius 2 is 2.24 bits per heavy atom. The molecule has 0 aromatic carbocycles. The minimum Gasteiger partial charge on any atom is -0.352 e. The van der Waals surface area contributed by atoms with Crippen molar-refractivity contribution in [3.05, 3.63) is 34.0 Å². The minimum atomic E-state index is 0.649. The van der Waals surface area contributed by atoms with Crippen LogP contribution in [0.4, 0.5) is 0 Å². The molecular formula is C14H20N6S. The van der Waals surface area contributed by atoms with E-state index in [4.69, 9.17) is 0 Å². The van der Waals surface area contributed by atoms with Gasteiger partial charge in [-0.25, -0.2) is 0 Å². The molecule has 3 rings (SSSR count). The molecule has 0 atom stereocenters. The SMILES string of the molecule is CN=C(NCc1ccsc1)NCc1nnc2n1CCCC2. The first kappa shape index (κ1) is 14.1. The fourth-order valence-corrected chi connectivity index (χ4v) is 3.13. The molecule has 1 aliphatic heterocycles. The van der Waals surface area contributed by atoms with E-state index in [1.165, 1.54) is 18.4 Å². The largest absolute Gasteiger partial charge is 0.352 e. The van der Waals surface area contributed by atoms with Crippen LogP contribution >= 0.6 is 11.3 Å². The van der Waals surface area contributed by atoms with E-state index >= 15 is 0 Å². The second-order valence-electron chi connectivity index (χ2n) is 5.05. The van der Waals surface area contributed by atoms with Crippen molar-refractivity contribution in [3.63, 3.8) is 0 Å². The van der Waals surface area contributed by atoms with Crippen LogP contribution in [-0.2, 0) is 26.1 Å². The highest BCUT2D eigenvalue weighted by atomic mass is 32.1. The van der Waals surface area contributed by atoms with Crippen LogP contribution in [0, 0.1) is 0 Å². The molecule has 0 saturated carbocycles. The van der Waals surface area contributed by atoms with Crippen LogP contribution in [0.3, 0.4) is 0 Å². The second-order valence-corrected chi connectivity index (χ2v) is 5.83. The topological polar surface area (TPSA) is 67.1 Å². The van der Waals surface area contributed by atoms with Gasteiger partial charge in [0.15, 0.2) is 11.8 Å². The average molecular weight is 304 g/mol. The summed E-state index contributed by atoms with van der Waals surface area (Å²) in [7, 11) is 1.78. The Bertz CT molecular complexity index is 601. The number of hydrogen-bond donors (Lipinski definition) is 2. The molecule has 0 radical (unpaired) electrons. The quantitative estimate of drug-likeness (QED) is 0.664. The number of rotatable bonds is 4. The molecule has 2 N–H and O–H groups in total. The number of nitrogens with zero attached hydrogens (tertiary/aromatic N) is 4. The highest BCUT2D eigenvalue weighted by Crippen LogP contribution is 2.13. The summed E-state index contributed by atoms with van der Waals surface area (Å²) in [5, 5.41) is 19.4. The molecule has 0 amide bonds. The number of nitrogens with one attached hydrogen (secondary N) is 2. The van der Waals surface area contributed by atoms with Gasteiger partial charge in [0, 0.05) is 26.6 Å². The summed E-state index contributed by atoms with van der Waals surface area (Å²) in [5.74, 6) is 2.89. The monoisotopic (exact) mass is 304 g/mol. The van der Waals surface area contributed by atoms with Gasteiger partial charge in [-0.2, -0.15) is 11.3 Å². The molecule has 7 heteroatoms. The Balaban J connectivity index is 1.54. The molecule has 0 saturated heterocycles. The van der Waals surface area contributed by atoms with Gasteiger partial charge >= 0.3 is 0 Å². The Hall–Kier alpha value is -1.89. The first-order valence-corrected chi connectivity index (χ1v) is 8.17. The Morgan fingerprint density at radius 1 is 1.33 bits per heavy atom. The predicted octanol–water partition coefficient (Wildman–Crippen LogP) is 1.54. The van der Waals surface area contributed by atoms with Gasteiger partial charge in [0.2, 0.25) is 0 Å². The summed E-state index contributed by atoms with van der Waals surface area (Å²) in [5.41, 5.74) is 1.27. The third kappa shape index (κ3) is 3.41. The lowest BCUT2D eigenvalue weighted by Gasteiger charge is -2.16. The molecule has 2 aromatic rings. The van der Waals surface area contributed by atoms with E-state index in [1.807, 2.05) is 0 Å². The van der Waals surface area contributed by atoms with E-state index < -0.39 is 0 Å². The van der Waals surface area contributed by atoms with Crippen molar-refractivity contribution in [1.82, 2.24) is 25.4 Å². The van der Waals surface area contributed by atoms with Crippen molar-refractivity contribution in [2.45, 2.75) is 38.9 Å². The highest BCUT2D eigenvalue weighted by molar-refractivity contribution is 7.07. The van der Waals surface area contributed by atoms with Gasteiger partial charge in [0.05, 0.1) is 6.54 Å². The minimum absolute atomic E-state index is 0.649. The number of aliphatic imine (C=N–C) groups is 1. The molecular weight excluding hydrogens is 284 g/mol. The molecule has 0 aliphatic carbocycles. The van der Waals surface area contributed by atoms with Crippen molar-refractivity contribution in [2.24, 2.45) is 4.99 Å². The molecule has 0 spiro atoms. The number of aromatic nitrogens is 3. The molecule has 21 heavy (non-hydrogen) atoms. The van der Waals surface area contributed by atoms with Crippen LogP contribution in [-0.4, -0.2) is 27.8 Å². The lowest BCUT2D eigenvalue weighted by atomic mass is 10.2. The number of fused-ring (bicyclic) bond motifs is 1. The second kappa shape index (κ2) is 6.71. The highest BCUT2D eigenvalue weighted by Gasteiger charge is 2.15. The van der Waals surface area contributed by atoms with Crippen LogP contribution in [0.15, 0.2) is 21.8 Å². The number of hydrogen-bond acceptors (Lipinski definition) is 4. The zero-order valence-electron chi connectivity index (χ0n) is 12.2. The summed E-state index contributed by atoms with van der Waals surface area (Å²) < 4.78 is 2.22. The van der Waals surface area contributed by atoms with E-state index in [2.05, 4.69) is 47.2 Å².